The van der Waals surface area contributed by atoms with E-state index < -0.39 is 6.10 Å². The molecule has 0 N–H and O–H groups in total. The van der Waals surface area contributed by atoms with Crippen LogP contribution in [-0.4, -0.2) is 69.0 Å². The van der Waals surface area contributed by atoms with Gasteiger partial charge in [-0.15, -0.1) is 0 Å². The quantitative estimate of drug-likeness (QED) is 0.664. The lowest BCUT2D eigenvalue weighted by molar-refractivity contribution is -0.143. The van der Waals surface area contributed by atoms with Crippen LogP contribution in [0, 0.1) is 0 Å². The summed E-state index contributed by atoms with van der Waals surface area (Å²) in [4.78, 5) is 17.7. The Bertz CT molecular complexity index is 839. The van der Waals surface area contributed by atoms with E-state index in [0.717, 1.165) is 55.5 Å². The maximum absolute atomic E-state index is 13.5. The van der Waals surface area contributed by atoms with Crippen LogP contribution in [0.5, 0.6) is 11.5 Å². The molecule has 2 heterocycles. The van der Waals surface area contributed by atoms with E-state index in [9.17, 15) is 4.79 Å². The number of ether oxygens (including phenoxy) is 4. The zero-order valence-corrected chi connectivity index (χ0v) is 17.3. The van der Waals surface area contributed by atoms with Gasteiger partial charge in [0.25, 0.3) is 5.91 Å². The fourth-order valence-corrected chi connectivity index (χ4v) is 3.85. The molecule has 0 spiro atoms. The Balaban J connectivity index is 1.54. The number of nitrogens with zero attached hydrogens (tertiary/aromatic N) is 2. The van der Waals surface area contributed by atoms with Gasteiger partial charge in [0.05, 0.1) is 13.2 Å². The van der Waals surface area contributed by atoms with Crippen molar-refractivity contribution in [1.82, 2.24) is 9.80 Å². The first kappa shape index (κ1) is 20.7. The molecule has 0 aliphatic carbocycles. The highest BCUT2D eigenvalue weighted by Gasteiger charge is 2.28. The Morgan fingerprint density at radius 1 is 1.10 bits per heavy atom. The first-order chi connectivity index (χ1) is 14.8. The minimum atomic E-state index is -0.648. The van der Waals surface area contributed by atoms with E-state index in [1.165, 1.54) is 0 Å². The zero-order valence-electron chi connectivity index (χ0n) is 17.3. The number of rotatable bonds is 8. The SMILES string of the molecule is CO[C@H](C(=O)N(CCN1CCOCC1)Cc1cccc2c1OCO2)c1ccccc1. The molecule has 2 aromatic carbocycles. The molecule has 0 radical (unpaired) electrons. The number of methoxy groups -OCH3 is 1. The van der Waals surface area contributed by atoms with E-state index in [0.29, 0.717) is 13.1 Å². The molecule has 2 aromatic rings. The largest absolute Gasteiger partial charge is 0.454 e. The van der Waals surface area contributed by atoms with Gasteiger partial charge in [0.2, 0.25) is 6.79 Å². The number of carbonyl (C=O) groups excluding carboxylic acids is 1. The van der Waals surface area contributed by atoms with Crippen LogP contribution in [0.25, 0.3) is 0 Å². The van der Waals surface area contributed by atoms with Gasteiger partial charge in [-0.2, -0.15) is 0 Å². The topological polar surface area (TPSA) is 60.5 Å². The smallest absolute Gasteiger partial charge is 0.256 e. The zero-order chi connectivity index (χ0) is 20.8. The van der Waals surface area contributed by atoms with Gasteiger partial charge in [-0.25, -0.2) is 0 Å². The van der Waals surface area contributed by atoms with E-state index >= 15 is 0 Å². The fourth-order valence-electron chi connectivity index (χ4n) is 3.85. The van der Waals surface area contributed by atoms with Crippen molar-refractivity contribution in [3.63, 3.8) is 0 Å². The second kappa shape index (κ2) is 9.93. The number of hydrogen-bond donors (Lipinski definition) is 0. The van der Waals surface area contributed by atoms with Gasteiger partial charge in [0.1, 0.15) is 0 Å². The molecule has 2 aliphatic rings. The maximum Gasteiger partial charge on any atom is 0.256 e. The number of amides is 1. The van der Waals surface area contributed by atoms with Crippen LogP contribution < -0.4 is 9.47 Å². The number of fused-ring (bicyclic) bond motifs is 1. The summed E-state index contributed by atoms with van der Waals surface area (Å²) in [6.07, 6.45) is -0.648. The standard InChI is InChI=1S/C23H28N2O5/c1-27-22(18-6-3-2-4-7-18)23(26)25(11-10-24-12-14-28-15-13-24)16-19-8-5-9-20-21(19)30-17-29-20/h2-9,22H,10-17H2,1H3/t22-/m0/s1. The third-order valence-corrected chi connectivity index (χ3v) is 5.50. The summed E-state index contributed by atoms with van der Waals surface area (Å²) in [5.41, 5.74) is 1.78. The lowest BCUT2D eigenvalue weighted by Gasteiger charge is -2.32. The van der Waals surface area contributed by atoms with Crippen molar-refractivity contribution in [1.29, 1.82) is 0 Å². The molecule has 0 aromatic heterocycles. The molecule has 7 heteroatoms. The first-order valence-corrected chi connectivity index (χ1v) is 10.3. The highest BCUT2D eigenvalue weighted by molar-refractivity contribution is 5.82. The predicted molar refractivity (Wildman–Crippen MR) is 111 cm³/mol. The van der Waals surface area contributed by atoms with Crippen molar-refractivity contribution >= 4 is 5.91 Å². The molecular weight excluding hydrogens is 384 g/mol. The van der Waals surface area contributed by atoms with Gasteiger partial charge in [0, 0.05) is 45.4 Å². The molecule has 0 saturated carbocycles. The molecule has 0 bridgehead atoms. The highest BCUT2D eigenvalue weighted by Crippen LogP contribution is 2.36. The number of benzene rings is 2. The van der Waals surface area contributed by atoms with Gasteiger partial charge >= 0.3 is 0 Å². The molecule has 2 aliphatic heterocycles. The summed E-state index contributed by atoms with van der Waals surface area (Å²) in [5.74, 6) is 1.38. The molecule has 160 valence electrons. The van der Waals surface area contributed by atoms with Crippen molar-refractivity contribution in [2.45, 2.75) is 12.6 Å². The fraction of sp³-hybridized carbons (Fsp3) is 0.435. The molecule has 1 fully saturated rings. The van der Waals surface area contributed by atoms with Crippen LogP contribution in [0.15, 0.2) is 48.5 Å². The third-order valence-electron chi connectivity index (χ3n) is 5.50. The van der Waals surface area contributed by atoms with Crippen LogP contribution in [0.4, 0.5) is 0 Å². The van der Waals surface area contributed by atoms with Gasteiger partial charge in [-0.05, 0) is 11.6 Å². The number of carbonyl (C=O) groups is 1. The van der Waals surface area contributed by atoms with Crippen LogP contribution in [0.3, 0.4) is 0 Å². The van der Waals surface area contributed by atoms with E-state index in [1.807, 2.05) is 53.4 Å². The molecule has 1 atom stereocenters. The summed E-state index contributed by atoms with van der Waals surface area (Å²) in [6, 6.07) is 15.4. The summed E-state index contributed by atoms with van der Waals surface area (Å²) in [6.45, 7) is 5.24. The molecular formula is C23H28N2O5. The summed E-state index contributed by atoms with van der Waals surface area (Å²) in [7, 11) is 1.58. The van der Waals surface area contributed by atoms with Gasteiger partial charge in [0.15, 0.2) is 17.6 Å². The minimum Gasteiger partial charge on any atom is -0.454 e. The van der Waals surface area contributed by atoms with Gasteiger partial charge < -0.3 is 23.8 Å². The average molecular weight is 412 g/mol. The van der Waals surface area contributed by atoms with Gasteiger partial charge in [-0.1, -0.05) is 42.5 Å². The van der Waals surface area contributed by atoms with Crippen molar-refractivity contribution in [3.8, 4) is 11.5 Å². The minimum absolute atomic E-state index is 0.0616. The van der Waals surface area contributed by atoms with E-state index in [2.05, 4.69) is 4.90 Å². The predicted octanol–water partition coefficient (Wildman–Crippen LogP) is 2.46. The van der Waals surface area contributed by atoms with Crippen LogP contribution >= 0.6 is 0 Å². The summed E-state index contributed by atoms with van der Waals surface area (Å²) in [5, 5.41) is 0. The summed E-state index contributed by atoms with van der Waals surface area (Å²) >= 11 is 0. The van der Waals surface area contributed by atoms with Crippen LogP contribution in [-0.2, 0) is 20.8 Å². The lowest BCUT2D eigenvalue weighted by Crippen LogP contribution is -2.44. The Morgan fingerprint density at radius 3 is 2.67 bits per heavy atom. The van der Waals surface area contributed by atoms with E-state index in [1.54, 1.807) is 7.11 Å². The van der Waals surface area contributed by atoms with Gasteiger partial charge in [-0.3, -0.25) is 9.69 Å². The Morgan fingerprint density at radius 2 is 1.90 bits per heavy atom. The average Bonchev–Trinajstić information content (AvgIpc) is 3.28. The molecule has 30 heavy (non-hydrogen) atoms. The van der Waals surface area contributed by atoms with Crippen molar-refractivity contribution in [3.05, 3.63) is 59.7 Å². The molecule has 1 amide bonds. The summed E-state index contributed by atoms with van der Waals surface area (Å²) < 4.78 is 22.2. The number of hydrogen-bond acceptors (Lipinski definition) is 6. The monoisotopic (exact) mass is 412 g/mol. The second-order valence-electron chi connectivity index (χ2n) is 7.39. The Hall–Kier alpha value is -2.61. The molecule has 4 rings (SSSR count). The Kier molecular flexibility index (Phi) is 6.84. The third kappa shape index (κ3) is 4.75. The van der Waals surface area contributed by atoms with Crippen molar-refractivity contribution in [2.75, 3.05) is 53.3 Å². The van der Waals surface area contributed by atoms with Crippen LogP contribution in [0.2, 0.25) is 0 Å². The number of para-hydroxylation sites is 1. The number of morpholine rings is 1. The second-order valence-corrected chi connectivity index (χ2v) is 7.39. The van der Waals surface area contributed by atoms with Crippen molar-refractivity contribution < 1.29 is 23.7 Å². The van der Waals surface area contributed by atoms with E-state index in [-0.39, 0.29) is 12.7 Å². The molecule has 7 nitrogen and oxygen atoms in total. The Labute approximate surface area is 177 Å². The van der Waals surface area contributed by atoms with E-state index in [4.69, 9.17) is 18.9 Å². The van der Waals surface area contributed by atoms with Crippen molar-refractivity contribution in [2.24, 2.45) is 0 Å². The maximum atomic E-state index is 13.5. The highest BCUT2D eigenvalue weighted by atomic mass is 16.7. The molecule has 0 unspecified atom stereocenters. The first-order valence-electron chi connectivity index (χ1n) is 10.3. The lowest BCUT2D eigenvalue weighted by atomic mass is 10.1. The molecule has 1 saturated heterocycles. The normalized spacial score (nSPS) is 17.0. The van der Waals surface area contributed by atoms with Crippen LogP contribution in [0.1, 0.15) is 17.2 Å².